The maximum atomic E-state index is 12.2. The first-order valence-corrected chi connectivity index (χ1v) is 10.3. The van der Waals surface area contributed by atoms with Crippen molar-refractivity contribution in [3.05, 3.63) is 58.6 Å². The molecule has 0 heterocycles. The number of nitrogens with one attached hydrogen (secondary N) is 1. The zero-order chi connectivity index (χ0) is 19.6. The highest BCUT2D eigenvalue weighted by atomic mass is 35.5. The molecule has 2 aromatic carbocycles. The summed E-state index contributed by atoms with van der Waals surface area (Å²) >= 11 is 11.7. The Labute approximate surface area is 175 Å². The fourth-order valence-corrected chi connectivity index (χ4v) is 4.83. The van der Waals surface area contributed by atoms with Crippen LogP contribution in [-0.4, -0.2) is 24.7 Å². The molecule has 1 amide bonds. The molecule has 4 nitrogen and oxygen atoms in total. The van der Waals surface area contributed by atoms with Crippen molar-refractivity contribution in [2.75, 3.05) is 13.2 Å². The van der Waals surface area contributed by atoms with Gasteiger partial charge in [-0.1, -0.05) is 23.2 Å². The highest BCUT2D eigenvalue weighted by molar-refractivity contribution is 6.30. The third-order valence-corrected chi connectivity index (χ3v) is 6.17. The van der Waals surface area contributed by atoms with E-state index in [0.717, 1.165) is 37.9 Å². The molecule has 148 valence electrons. The second-order valence-corrected chi connectivity index (χ2v) is 8.88. The van der Waals surface area contributed by atoms with Crippen molar-refractivity contribution in [3.63, 3.8) is 0 Å². The van der Waals surface area contributed by atoms with E-state index in [-0.39, 0.29) is 18.1 Å². The van der Waals surface area contributed by atoms with Gasteiger partial charge in [-0.2, -0.15) is 0 Å². The lowest BCUT2D eigenvalue weighted by Gasteiger charge is -2.71. The molecular formula is C22H23Cl2NO3. The Morgan fingerprint density at radius 1 is 0.893 bits per heavy atom. The average molecular weight is 420 g/mol. The van der Waals surface area contributed by atoms with Gasteiger partial charge in [0.2, 0.25) is 0 Å². The van der Waals surface area contributed by atoms with Crippen molar-refractivity contribution in [1.29, 1.82) is 0 Å². The normalized spacial score (nSPS) is 24.6. The minimum atomic E-state index is -0.0608. The number of carbonyl (C=O) groups is 1. The summed E-state index contributed by atoms with van der Waals surface area (Å²) in [6, 6.07) is 14.5. The van der Waals surface area contributed by atoms with Gasteiger partial charge >= 0.3 is 0 Å². The van der Waals surface area contributed by atoms with Crippen LogP contribution in [0, 0.1) is 5.41 Å². The molecule has 3 aliphatic rings. The highest BCUT2D eigenvalue weighted by Gasteiger charge is 2.67. The lowest BCUT2D eigenvalue weighted by atomic mass is 9.38. The van der Waals surface area contributed by atoms with Gasteiger partial charge in [-0.15, -0.1) is 0 Å². The molecule has 5 rings (SSSR count). The summed E-state index contributed by atoms with van der Waals surface area (Å²) in [7, 11) is 0. The van der Waals surface area contributed by atoms with Crippen molar-refractivity contribution in [2.45, 2.75) is 37.6 Å². The number of hydrogen-bond donors (Lipinski definition) is 1. The van der Waals surface area contributed by atoms with Gasteiger partial charge in [0, 0.05) is 15.6 Å². The van der Waals surface area contributed by atoms with Gasteiger partial charge in [-0.25, -0.2) is 0 Å². The minimum absolute atomic E-state index is 0.00250. The monoisotopic (exact) mass is 419 g/mol. The van der Waals surface area contributed by atoms with Gasteiger partial charge in [-0.05, 0) is 86.1 Å². The third kappa shape index (κ3) is 4.39. The third-order valence-electron chi connectivity index (χ3n) is 5.66. The summed E-state index contributed by atoms with van der Waals surface area (Å²) in [6.45, 7) is 0.739. The average Bonchev–Trinajstić information content (AvgIpc) is 2.63. The lowest BCUT2D eigenvalue weighted by molar-refractivity contribution is -0.170. The van der Waals surface area contributed by atoms with Crippen molar-refractivity contribution in [2.24, 2.45) is 5.41 Å². The van der Waals surface area contributed by atoms with E-state index in [2.05, 4.69) is 5.32 Å². The van der Waals surface area contributed by atoms with Crippen molar-refractivity contribution in [3.8, 4) is 11.5 Å². The number of ether oxygens (including phenoxy) is 2. The number of hydrogen-bond acceptors (Lipinski definition) is 3. The van der Waals surface area contributed by atoms with Gasteiger partial charge in [0.15, 0.2) is 6.61 Å². The number of amides is 1. The van der Waals surface area contributed by atoms with Gasteiger partial charge in [0.25, 0.3) is 5.91 Å². The fraction of sp³-hybridized carbons (Fsp3) is 0.409. The Morgan fingerprint density at radius 3 is 2.00 bits per heavy atom. The first kappa shape index (κ1) is 19.4. The molecule has 0 unspecified atom stereocenters. The Hall–Kier alpha value is -1.91. The van der Waals surface area contributed by atoms with Crippen LogP contribution in [-0.2, 0) is 4.79 Å². The molecule has 0 radical (unpaired) electrons. The van der Waals surface area contributed by atoms with Crippen molar-refractivity contribution in [1.82, 2.24) is 5.32 Å². The molecule has 2 aromatic rings. The van der Waals surface area contributed by atoms with Gasteiger partial charge in [0.1, 0.15) is 11.5 Å². The van der Waals surface area contributed by atoms with Crippen LogP contribution < -0.4 is 14.8 Å². The van der Waals surface area contributed by atoms with Crippen LogP contribution in [0.3, 0.4) is 0 Å². The molecule has 0 spiro atoms. The lowest BCUT2D eigenvalue weighted by Crippen LogP contribution is -2.74. The molecule has 3 saturated carbocycles. The van der Waals surface area contributed by atoms with E-state index in [1.165, 1.54) is 0 Å². The molecular weight excluding hydrogens is 397 g/mol. The number of carbonyl (C=O) groups excluding carboxylic acids is 1. The first-order chi connectivity index (χ1) is 13.5. The number of halogens is 2. The van der Waals surface area contributed by atoms with Crippen LogP contribution in [0.5, 0.6) is 11.5 Å². The minimum Gasteiger partial charge on any atom is -0.494 e. The molecule has 0 saturated heterocycles. The van der Waals surface area contributed by atoms with Crippen LogP contribution in [0.4, 0.5) is 0 Å². The zero-order valence-corrected chi connectivity index (χ0v) is 17.1. The largest absolute Gasteiger partial charge is 0.494 e. The van der Waals surface area contributed by atoms with E-state index in [1.54, 1.807) is 24.3 Å². The molecule has 0 aliphatic heterocycles. The summed E-state index contributed by atoms with van der Waals surface area (Å²) < 4.78 is 11.3. The van der Waals surface area contributed by atoms with E-state index >= 15 is 0 Å². The Morgan fingerprint density at radius 2 is 1.43 bits per heavy atom. The maximum Gasteiger partial charge on any atom is 0.258 e. The summed E-state index contributed by atoms with van der Waals surface area (Å²) in [5.41, 5.74) is 0.394. The highest BCUT2D eigenvalue weighted by Crippen LogP contribution is 2.69. The number of rotatable bonds is 9. The molecule has 6 heteroatoms. The van der Waals surface area contributed by atoms with Crippen LogP contribution in [0.1, 0.15) is 32.1 Å². The fourth-order valence-electron chi connectivity index (χ4n) is 4.58. The second-order valence-electron chi connectivity index (χ2n) is 8.01. The molecule has 1 N–H and O–H groups in total. The van der Waals surface area contributed by atoms with E-state index in [4.69, 9.17) is 32.7 Å². The summed E-state index contributed by atoms with van der Waals surface area (Å²) in [4.78, 5) is 12.2. The van der Waals surface area contributed by atoms with Gasteiger partial charge < -0.3 is 14.8 Å². The topological polar surface area (TPSA) is 47.6 Å². The SMILES string of the molecule is O=C(COc1ccc(Cl)cc1)NC12CC(CCCOc3ccc(Cl)cc3)(C1)C2. The van der Waals surface area contributed by atoms with Gasteiger partial charge in [-0.3, -0.25) is 4.79 Å². The van der Waals surface area contributed by atoms with Crippen LogP contribution in [0.2, 0.25) is 10.0 Å². The Bertz CT molecular complexity index is 816. The number of benzene rings is 2. The van der Waals surface area contributed by atoms with E-state index in [0.29, 0.717) is 27.8 Å². The second kappa shape index (κ2) is 7.84. The van der Waals surface area contributed by atoms with E-state index in [1.807, 2.05) is 24.3 Å². The predicted molar refractivity (Wildman–Crippen MR) is 110 cm³/mol. The molecule has 28 heavy (non-hydrogen) atoms. The summed E-state index contributed by atoms with van der Waals surface area (Å²) in [6.07, 6.45) is 5.35. The molecule has 0 aromatic heterocycles. The summed E-state index contributed by atoms with van der Waals surface area (Å²) in [5.74, 6) is 1.44. The summed E-state index contributed by atoms with van der Waals surface area (Å²) in [5, 5.41) is 4.52. The van der Waals surface area contributed by atoms with Crippen LogP contribution in [0.25, 0.3) is 0 Å². The molecule has 0 atom stereocenters. The zero-order valence-electron chi connectivity index (χ0n) is 15.5. The van der Waals surface area contributed by atoms with E-state index in [9.17, 15) is 4.79 Å². The molecule has 3 fully saturated rings. The predicted octanol–water partition coefficient (Wildman–Crippen LogP) is 5.27. The van der Waals surface area contributed by atoms with Crippen molar-refractivity contribution < 1.29 is 14.3 Å². The van der Waals surface area contributed by atoms with Crippen molar-refractivity contribution >= 4 is 29.1 Å². The smallest absolute Gasteiger partial charge is 0.258 e. The van der Waals surface area contributed by atoms with Gasteiger partial charge in [0.05, 0.1) is 6.61 Å². The standard InChI is InChI=1S/C22H23Cl2NO3/c23-16-2-6-18(7-3-16)27-11-1-10-21-13-22(14-21,15-21)25-20(26)12-28-19-8-4-17(24)5-9-19/h2-9H,1,10-15H2,(H,25,26). The molecule has 2 bridgehead atoms. The quantitative estimate of drug-likeness (QED) is 0.563. The Kier molecular flexibility index (Phi) is 5.44. The first-order valence-electron chi connectivity index (χ1n) is 9.54. The van der Waals surface area contributed by atoms with Crippen LogP contribution >= 0.6 is 23.2 Å². The van der Waals surface area contributed by atoms with Crippen LogP contribution in [0.15, 0.2) is 48.5 Å². The Balaban J connectivity index is 1.12. The molecule has 3 aliphatic carbocycles. The maximum absolute atomic E-state index is 12.2. The van der Waals surface area contributed by atoms with E-state index < -0.39 is 0 Å².